The minimum absolute atomic E-state index is 0.541. The van der Waals surface area contributed by atoms with Gasteiger partial charge in [0.15, 0.2) is 0 Å². The van der Waals surface area contributed by atoms with Crippen molar-refractivity contribution in [1.29, 1.82) is 0 Å². The van der Waals surface area contributed by atoms with Crippen LogP contribution < -0.4 is 10.6 Å². The predicted octanol–water partition coefficient (Wildman–Crippen LogP) is 3.32. The van der Waals surface area contributed by atoms with Gasteiger partial charge in [-0.2, -0.15) is 0 Å². The third kappa shape index (κ3) is 3.71. The Morgan fingerprint density at radius 1 is 1.28 bits per heavy atom. The van der Waals surface area contributed by atoms with E-state index in [0.717, 1.165) is 6.04 Å². The Balaban J connectivity index is 1.82. The van der Waals surface area contributed by atoms with Crippen LogP contribution in [0.4, 0.5) is 0 Å². The highest BCUT2D eigenvalue weighted by Crippen LogP contribution is 2.38. The average molecular weight is 252 g/mol. The molecular formula is C16H32N2. The van der Waals surface area contributed by atoms with Crippen LogP contribution in [0.2, 0.25) is 0 Å². The molecule has 2 rings (SSSR count). The summed E-state index contributed by atoms with van der Waals surface area (Å²) in [5.41, 5.74) is 1.11. The molecule has 0 aromatic carbocycles. The molecule has 0 aromatic heterocycles. The van der Waals surface area contributed by atoms with E-state index in [0.29, 0.717) is 10.8 Å². The Morgan fingerprint density at radius 2 is 2.11 bits per heavy atom. The molecule has 0 bridgehead atoms. The molecular weight excluding hydrogens is 220 g/mol. The molecule has 1 saturated carbocycles. The first-order valence-corrected chi connectivity index (χ1v) is 7.99. The monoisotopic (exact) mass is 252 g/mol. The van der Waals surface area contributed by atoms with Gasteiger partial charge in [0.2, 0.25) is 0 Å². The van der Waals surface area contributed by atoms with E-state index in [2.05, 4.69) is 31.4 Å². The van der Waals surface area contributed by atoms with Crippen LogP contribution in [0.15, 0.2) is 0 Å². The molecule has 2 heteroatoms. The average Bonchev–Trinajstić information content (AvgIpc) is 2.68. The highest BCUT2D eigenvalue weighted by atomic mass is 15.0. The highest BCUT2D eigenvalue weighted by molar-refractivity contribution is 4.91. The lowest BCUT2D eigenvalue weighted by molar-refractivity contribution is 0.175. The van der Waals surface area contributed by atoms with E-state index in [1.807, 2.05) is 0 Å². The molecule has 1 saturated heterocycles. The van der Waals surface area contributed by atoms with Crippen LogP contribution in [0.3, 0.4) is 0 Å². The molecule has 2 nitrogen and oxygen atoms in total. The quantitative estimate of drug-likeness (QED) is 0.784. The molecule has 0 amide bonds. The summed E-state index contributed by atoms with van der Waals surface area (Å²) in [7, 11) is 0. The van der Waals surface area contributed by atoms with Crippen molar-refractivity contribution < 1.29 is 0 Å². The van der Waals surface area contributed by atoms with Crippen LogP contribution in [-0.2, 0) is 0 Å². The molecule has 0 radical (unpaired) electrons. The van der Waals surface area contributed by atoms with Crippen molar-refractivity contribution in [1.82, 2.24) is 10.6 Å². The molecule has 1 heterocycles. The molecule has 2 fully saturated rings. The normalized spacial score (nSPS) is 35.8. The van der Waals surface area contributed by atoms with E-state index >= 15 is 0 Å². The van der Waals surface area contributed by atoms with Gasteiger partial charge >= 0.3 is 0 Å². The zero-order chi connectivity index (χ0) is 13.1. The van der Waals surface area contributed by atoms with Gasteiger partial charge in [0.05, 0.1) is 0 Å². The van der Waals surface area contributed by atoms with Crippen molar-refractivity contribution in [2.45, 2.75) is 71.8 Å². The number of nitrogens with one attached hydrogen (secondary N) is 2. The van der Waals surface area contributed by atoms with Crippen molar-refractivity contribution in [3.8, 4) is 0 Å². The van der Waals surface area contributed by atoms with Crippen molar-refractivity contribution in [2.24, 2.45) is 10.8 Å². The third-order valence-corrected chi connectivity index (χ3v) is 5.08. The van der Waals surface area contributed by atoms with Gasteiger partial charge in [0.25, 0.3) is 0 Å². The molecule has 2 unspecified atom stereocenters. The Labute approximate surface area is 113 Å². The van der Waals surface area contributed by atoms with E-state index in [4.69, 9.17) is 0 Å². The third-order valence-electron chi connectivity index (χ3n) is 5.08. The molecule has 1 aliphatic heterocycles. The second-order valence-electron chi connectivity index (χ2n) is 7.52. The van der Waals surface area contributed by atoms with Gasteiger partial charge in [-0.05, 0) is 55.9 Å². The van der Waals surface area contributed by atoms with Crippen molar-refractivity contribution in [3.05, 3.63) is 0 Å². The minimum atomic E-state index is 0.541. The lowest BCUT2D eigenvalue weighted by atomic mass is 9.76. The molecule has 106 valence electrons. The first-order valence-electron chi connectivity index (χ1n) is 7.99. The zero-order valence-electron chi connectivity index (χ0n) is 12.6. The van der Waals surface area contributed by atoms with Gasteiger partial charge in [-0.1, -0.05) is 27.2 Å². The molecule has 0 aromatic rings. The largest absolute Gasteiger partial charge is 0.316 e. The van der Waals surface area contributed by atoms with Gasteiger partial charge in [0.1, 0.15) is 0 Å². The standard InChI is InChI=1S/C16H32N2/c1-4-7-16(8-5-10-17-12-16)13-18-14-6-9-15(2,3)11-14/h14,17-18H,4-13H2,1-3H3. The Morgan fingerprint density at radius 3 is 2.67 bits per heavy atom. The Hall–Kier alpha value is -0.0800. The summed E-state index contributed by atoms with van der Waals surface area (Å²) in [5.74, 6) is 0. The maximum absolute atomic E-state index is 3.89. The smallest absolute Gasteiger partial charge is 0.00725 e. The highest BCUT2D eigenvalue weighted by Gasteiger charge is 2.34. The van der Waals surface area contributed by atoms with Crippen LogP contribution in [0, 0.1) is 10.8 Å². The summed E-state index contributed by atoms with van der Waals surface area (Å²) in [5, 5.41) is 7.50. The van der Waals surface area contributed by atoms with Crippen LogP contribution in [0.25, 0.3) is 0 Å². The number of hydrogen-bond donors (Lipinski definition) is 2. The molecule has 0 spiro atoms. The summed E-state index contributed by atoms with van der Waals surface area (Å²) >= 11 is 0. The topological polar surface area (TPSA) is 24.1 Å². The lowest BCUT2D eigenvalue weighted by Gasteiger charge is -2.39. The van der Waals surface area contributed by atoms with Crippen molar-refractivity contribution in [3.63, 3.8) is 0 Å². The second-order valence-corrected chi connectivity index (χ2v) is 7.52. The van der Waals surface area contributed by atoms with E-state index in [-0.39, 0.29) is 0 Å². The van der Waals surface area contributed by atoms with Crippen LogP contribution in [-0.4, -0.2) is 25.7 Å². The van der Waals surface area contributed by atoms with Gasteiger partial charge in [-0.3, -0.25) is 0 Å². The minimum Gasteiger partial charge on any atom is -0.316 e. The van der Waals surface area contributed by atoms with E-state index in [1.165, 1.54) is 64.6 Å². The number of rotatable bonds is 5. The van der Waals surface area contributed by atoms with Crippen molar-refractivity contribution in [2.75, 3.05) is 19.6 Å². The summed E-state index contributed by atoms with van der Waals surface area (Å²) in [6.45, 7) is 10.8. The summed E-state index contributed by atoms with van der Waals surface area (Å²) in [6.07, 6.45) is 9.60. The molecule has 18 heavy (non-hydrogen) atoms. The molecule has 2 atom stereocenters. The van der Waals surface area contributed by atoms with E-state index in [1.54, 1.807) is 0 Å². The molecule has 2 N–H and O–H groups in total. The SMILES string of the molecule is CCCC1(CNC2CCC(C)(C)C2)CCCNC1. The fraction of sp³-hybridized carbons (Fsp3) is 1.00. The van der Waals surface area contributed by atoms with Crippen LogP contribution >= 0.6 is 0 Å². The summed E-state index contributed by atoms with van der Waals surface area (Å²) in [6, 6.07) is 0.774. The summed E-state index contributed by atoms with van der Waals surface area (Å²) < 4.78 is 0. The fourth-order valence-corrected chi connectivity index (χ4v) is 3.98. The number of hydrogen-bond acceptors (Lipinski definition) is 2. The van der Waals surface area contributed by atoms with Crippen LogP contribution in [0.5, 0.6) is 0 Å². The zero-order valence-corrected chi connectivity index (χ0v) is 12.6. The fourth-order valence-electron chi connectivity index (χ4n) is 3.98. The van der Waals surface area contributed by atoms with Crippen molar-refractivity contribution >= 4 is 0 Å². The maximum Gasteiger partial charge on any atom is 0.00725 e. The van der Waals surface area contributed by atoms with E-state index < -0.39 is 0 Å². The van der Waals surface area contributed by atoms with Gasteiger partial charge < -0.3 is 10.6 Å². The summed E-state index contributed by atoms with van der Waals surface area (Å²) in [4.78, 5) is 0. The first-order chi connectivity index (χ1) is 8.55. The van der Waals surface area contributed by atoms with Gasteiger partial charge in [-0.25, -0.2) is 0 Å². The maximum atomic E-state index is 3.89. The van der Waals surface area contributed by atoms with Gasteiger partial charge in [0, 0.05) is 19.1 Å². The number of piperidine rings is 1. The van der Waals surface area contributed by atoms with Gasteiger partial charge in [-0.15, -0.1) is 0 Å². The second kappa shape index (κ2) is 5.92. The molecule has 2 aliphatic rings. The van der Waals surface area contributed by atoms with E-state index in [9.17, 15) is 0 Å². The Bertz CT molecular complexity index is 248. The first kappa shape index (κ1) is 14.3. The lowest BCUT2D eigenvalue weighted by Crippen LogP contribution is -2.48. The Kier molecular flexibility index (Phi) is 4.71. The predicted molar refractivity (Wildman–Crippen MR) is 78.9 cm³/mol. The molecule has 1 aliphatic carbocycles. The van der Waals surface area contributed by atoms with Crippen LogP contribution in [0.1, 0.15) is 65.7 Å².